The Bertz CT molecular complexity index is 513. The van der Waals surface area contributed by atoms with Gasteiger partial charge in [0.2, 0.25) is 11.8 Å². The molecule has 1 aliphatic rings. The number of aryl methyl sites for hydroxylation is 1. The monoisotopic (exact) mass is 262 g/mol. The Morgan fingerprint density at radius 1 is 1.42 bits per heavy atom. The molecule has 2 N–H and O–H groups in total. The summed E-state index contributed by atoms with van der Waals surface area (Å²) in [4.78, 5) is 24.4. The summed E-state index contributed by atoms with van der Waals surface area (Å²) in [5.74, 6) is -0.0902. The first-order valence-corrected chi connectivity index (χ1v) is 6.32. The van der Waals surface area contributed by atoms with Gasteiger partial charge in [0.1, 0.15) is 5.75 Å². The zero-order valence-corrected chi connectivity index (χ0v) is 11.1. The molecule has 0 spiro atoms. The predicted molar refractivity (Wildman–Crippen MR) is 70.5 cm³/mol. The van der Waals surface area contributed by atoms with E-state index in [1.807, 2.05) is 25.1 Å². The van der Waals surface area contributed by atoms with E-state index in [1.54, 1.807) is 0 Å². The third kappa shape index (κ3) is 2.76. The van der Waals surface area contributed by atoms with Crippen molar-refractivity contribution in [1.82, 2.24) is 10.2 Å². The second-order valence-corrected chi connectivity index (χ2v) is 4.85. The van der Waals surface area contributed by atoms with E-state index in [4.69, 9.17) is 0 Å². The van der Waals surface area contributed by atoms with Gasteiger partial charge in [-0.1, -0.05) is 18.2 Å². The number of hydrogen-bond donors (Lipinski definition) is 2. The first-order chi connectivity index (χ1) is 9.00. The molecule has 1 fully saturated rings. The summed E-state index contributed by atoms with van der Waals surface area (Å²) >= 11 is 0. The average Bonchev–Trinajstić information content (AvgIpc) is 2.40. The molecule has 5 nitrogen and oxygen atoms in total. The molecular formula is C14H18N2O3. The van der Waals surface area contributed by atoms with Crippen LogP contribution >= 0.6 is 0 Å². The van der Waals surface area contributed by atoms with Gasteiger partial charge in [0.15, 0.2) is 0 Å². The summed E-state index contributed by atoms with van der Waals surface area (Å²) < 4.78 is 0. The molecule has 1 unspecified atom stereocenters. The molecule has 0 radical (unpaired) electrons. The molecule has 1 heterocycles. The minimum atomic E-state index is -0.359. The van der Waals surface area contributed by atoms with E-state index in [-0.39, 0.29) is 23.6 Å². The molecular weight excluding hydrogens is 244 g/mol. The van der Waals surface area contributed by atoms with Crippen molar-refractivity contribution in [1.29, 1.82) is 0 Å². The number of nitrogens with one attached hydrogen (secondary N) is 1. The van der Waals surface area contributed by atoms with Crippen molar-refractivity contribution < 1.29 is 14.7 Å². The number of amides is 2. The van der Waals surface area contributed by atoms with E-state index >= 15 is 0 Å². The van der Waals surface area contributed by atoms with Crippen LogP contribution in [-0.2, 0) is 16.1 Å². The Balaban J connectivity index is 2.01. The average molecular weight is 262 g/mol. The Morgan fingerprint density at radius 2 is 2.16 bits per heavy atom. The number of benzene rings is 1. The molecule has 0 bridgehead atoms. The van der Waals surface area contributed by atoms with Gasteiger partial charge in [-0.15, -0.1) is 0 Å². The number of carbonyl (C=O) groups is 2. The number of phenolic OH excluding ortho intramolecular Hbond substituents is 1. The number of likely N-dealkylation sites (N-methyl/N-ethyl adjacent to an activating group) is 1. The van der Waals surface area contributed by atoms with Crippen molar-refractivity contribution in [3.8, 4) is 5.75 Å². The minimum Gasteiger partial charge on any atom is -0.507 e. The fourth-order valence-corrected chi connectivity index (χ4v) is 2.20. The van der Waals surface area contributed by atoms with Crippen LogP contribution in [0.25, 0.3) is 0 Å². The second kappa shape index (κ2) is 5.40. The summed E-state index contributed by atoms with van der Waals surface area (Å²) in [6, 6.07) is 5.15. The smallest absolute Gasteiger partial charge is 0.246 e. The Labute approximate surface area is 112 Å². The molecule has 102 valence electrons. The standard InChI is InChI=1S/C14H18N2O3/c1-9-4-3-5-10(13(9)18)8-15-11-6-7-12(17)16(2)14(11)19/h3-5,11,15,18H,6-8H2,1-2H3. The predicted octanol–water partition coefficient (Wildman–Crippen LogP) is 0.938. The number of imide groups is 1. The van der Waals surface area contributed by atoms with Crippen molar-refractivity contribution >= 4 is 11.8 Å². The van der Waals surface area contributed by atoms with E-state index in [0.29, 0.717) is 19.4 Å². The highest BCUT2D eigenvalue weighted by atomic mass is 16.3. The van der Waals surface area contributed by atoms with Crippen molar-refractivity contribution in [2.75, 3.05) is 7.05 Å². The maximum atomic E-state index is 11.9. The fraction of sp³-hybridized carbons (Fsp3) is 0.429. The van der Waals surface area contributed by atoms with Crippen LogP contribution in [0.1, 0.15) is 24.0 Å². The summed E-state index contributed by atoms with van der Waals surface area (Å²) in [5.41, 5.74) is 1.56. The van der Waals surface area contributed by atoms with E-state index in [1.165, 1.54) is 7.05 Å². The number of likely N-dealkylation sites (tertiary alicyclic amines) is 1. The minimum absolute atomic E-state index is 0.138. The number of aromatic hydroxyl groups is 1. The molecule has 0 aromatic heterocycles. The lowest BCUT2D eigenvalue weighted by Gasteiger charge is -2.28. The van der Waals surface area contributed by atoms with Gasteiger partial charge in [-0.3, -0.25) is 14.5 Å². The van der Waals surface area contributed by atoms with Gasteiger partial charge in [-0.25, -0.2) is 0 Å². The van der Waals surface area contributed by atoms with Gasteiger partial charge in [-0.05, 0) is 18.9 Å². The molecule has 1 aromatic rings. The SMILES string of the molecule is Cc1cccc(CNC2CCC(=O)N(C)C2=O)c1O. The zero-order chi connectivity index (χ0) is 14.0. The number of piperidine rings is 1. The van der Waals surface area contributed by atoms with E-state index < -0.39 is 0 Å². The topological polar surface area (TPSA) is 69.6 Å². The Kier molecular flexibility index (Phi) is 3.85. The number of nitrogens with zero attached hydrogens (tertiary/aromatic N) is 1. The third-order valence-corrected chi connectivity index (χ3v) is 3.51. The van der Waals surface area contributed by atoms with E-state index in [2.05, 4.69) is 5.32 Å². The van der Waals surface area contributed by atoms with E-state index in [0.717, 1.165) is 16.0 Å². The van der Waals surface area contributed by atoms with Crippen LogP contribution in [0.2, 0.25) is 0 Å². The lowest BCUT2D eigenvalue weighted by atomic mass is 10.0. The van der Waals surface area contributed by atoms with Crippen molar-refractivity contribution in [2.24, 2.45) is 0 Å². The zero-order valence-electron chi connectivity index (χ0n) is 11.1. The second-order valence-electron chi connectivity index (χ2n) is 4.85. The van der Waals surface area contributed by atoms with Gasteiger partial charge in [0.25, 0.3) is 0 Å². The first kappa shape index (κ1) is 13.5. The highest BCUT2D eigenvalue weighted by molar-refractivity contribution is 6.00. The number of hydrogen-bond acceptors (Lipinski definition) is 4. The van der Waals surface area contributed by atoms with Crippen LogP contribution < -0.4 is 5.32 Å². The number of rotatable bonds is 3. The molecule has 1 aromatic carbocycles. The number of para-hydroxylation sites is 1. The van der Waals surface area contributed by atoms with Crippen LogP contribution in [-0.4, -0.2) is 34.9 Å². The maximum Gasteiger partial charge on any atom is 0.246 e. The molecule has 2 rings (SSSR count). The summed E-state index contributed by atoms with van der Waals surface area (Å²) in [7, 11) is 1.50. The van der Waals surface area contributed by atoms with Crippen molar-refractivity contribution in [3.05, 3.63) is 29.3 Å². The highest BCUT2D eigenvalue weighted by Crippen LogP contribution is 2.21. The summed E-state index contributed by atoms with van der Waals surface area (Å²) in [6.45, 7) is 2.24. The van der Waals surface area contributed by atoms with Gasteiger partial charge in [-0.2, -0.15) is 0 Å². The van der Waals surface area contributed by atoms with Crippen LogP contribution in [0.3, 0.4) is 0 Å². The molecule has 1 saturated heterocycles. The lowest BCUT2D eigenvalue weighted by Crippen LogP contribution is -2.51. The van der Waals surface area contributed by atoms with Crippen LogP contribution in [0, 0.1) is 6.92 Å². The number of carbonyl (C=O) groups excluding carboxylic acids is 2. The largest absolute Gasteiger partial charge is 0.507 e. The Hall–Kier alpha value is -1.88. The lowest BCUT2D eigenvalue weighted by molar-refractivity contribution is -0.148. The van der Waals surface area contributed by atoms with Crippen LogP contribution in [0.15, 0.2) is 18.2 Å². The van der Waals surface area contributed by atoms with Crippen LogP contribution in [0.4, 0.5) is 0 Å². The molecule has 1 atom stereocenters. The van der Waals surface area contributed by atoms with Gasteiger partial charge in [0, 0.05) is 25.6 Å². The third-order valence-electron chi connectivity index (χ3n) is 3.51. The summed E-state index contributed by atoms with van der Waals surface area (Å²) in [6.07, 6.45) is 0.883. The van der Waals surface area contributed by atoms with Gasteiger partial charge in [0.05, 0.1) is 6.04 Å². The van der Waals surface area contributed by atoms with Crippen LogP contribution in [0.5, 0.6) is 5.75 Å². The molecule has 1 aliphatic heterocycles. The molecule has 5 heteroatoms. The van der Waals surface area contributed by atoms with Gasteiger partial charge >= 0.3 is 0 Å². The first-order valence-electron chi connectivity index (χ1n) is 6.32. The van der Waals surface area contributed by atoms with Gasteiger partial charge < -0.3 is 10.4 Å². The molecule has 0 saturated carbocycles. The fourth-order valence-electron chi connectivity index (χ4n) is 2.20. The molecule has 19 heavy (non-hydrogen) atoms. The maximum absolute atomic E-state index is 11.9. The quantitative estimate of drug-likeness (QED) is 0.795. The normalized spacial score (nSPS) is 19.9. The number of phenols is 1. The molecule has 2 amide bonds. The molecule has 0 aliphatic carbocycles. The van der Waals surface area contributed by atoms with Crippen molar-refractivity contribution in [3.63, 3.8) is 0 Å². The summed E-state index contributed by atoms with van der Waals surface area (Å²) in [5, 5.41) is 13.0. The Morgan fingerprint density at radius 3 is 2.89 bits per heavy atom. The van der Waals surface area contributed by atoms with Crippen molar-refractivity contribution in [2.45, 2.75) is 32.4 Å². The highest BCUT2D eigenvalue weighted by Gasteiger charge is 2.31. The van der Waals surface area contributed by atoms with E-state index in [9.17, 15) is 14.7 Å².